The predicted octanol–water partition coefficient (Wildman–Crippen LogP) is 3.00. The summed E-state index contributed by atoms with van der Waals surface area (Å²) in [5.74, 6) is 0. The van der Waals surface area contributed by atoms with Crippen molar-refractivity contribution in [1.82, 2.24) is 5.32 Å². The van der Waals surface area contributed by atoms with E-state index < -0.39 is 0 Å². The van der Waals surface area contributed by atoms with E-state index in [0.717, 1.165) is 19.4 Å². The van der Waals surface area contributed by atoms with Crippen LogP contribution in [0.2, 0.25) is 0 Å². The van der Waals surface area contributed by atoms with E-state index >= 15 is 0 Å². The molecule has 0 aromatic heterocycles. The molecule has 0 saturated heterocycles. The first-order valence-electron chi connectivity index (χ1n) is 7.53. The van der Waals surface area contributed by atoms with Crippen LogP contribution in [0.4, 0.5) is 0 Å². The van der Waals surface area contributed by atoms with Gasteiger partial charge in [-0.1, -0.05) is 45.0 Å². The lowest BCUT2D eigenvalue weighted by Gasteiger charge is -2.19. The highest BCUT2D eigenvalue weighted by Crippen LogP contribution is 2.22. The average molecular weight is 260 g/mol. The Kier molecular flexibility index (Phi) is 4.64. The van der Waals surface area contributed by atoms with Crippen molar-refractivity contribution in [3.05, 3.63) is 35.4 Å². The van der Waals surface area contributed by atoms with Crippen molar-refractivity contribution in [2.45, 2.75) is 64.0 Å². The van der Waals surface area contributed by atoms with Crippen LogP contribution in [0.5, 0.6) is 0 Å². The number of nitrogens with two attached hydrogens (primary N) is 1. The second-order valence-electron chi connectivity index (χ2n) is 6.92. The second-order valence-corrected chi connectivity index (χ2v) is 6.92. The molecule has 0 bridgehead atoms. The van der Waals surface area contributed by atoms with Crippen molar-refractivity contribution >= 4 is 0 Å². The molecule has 106 valence electrons. The molecule has 1 fully saturated rings. The molecule has 2 nitrogen and oxygen atoms in total. The molecule has 1 aromatic rings. The summed E-state index contributed by atoms with van der Waals surface area (Å²) in [6, 6.07) is 10.1. The molecule has 0 unspecified atom stereocenters. The lowest BCUT2D eigenvalue weighted by molar-refractivity contribution is 0.520. The Hall–Kier alpha value is -0.860. The van der Waals surface area contributed by atoms with Crippen LogP contribution in [0.15, 0.2) is 24.3 Å². The predicted molar refractivity (Wildman–Crippen MR) is 82.5 cm³/mol. The summed E-state index contributed by atoms with van der Waals surface area (Å²) in [4.78, 5) is 0. The number of benzene rings is 1. The van der Waals surface area contributed by atoms with Crippen molar-refractivity contribution in [3.63, 3.8) is 0 Å². The third kappa shape index (κ3) is 4.32. The summed E-state index contributed by atoms with van der Waals surface area (Å²) in [5, 5.41) is 3.63. The normalized spacial score (nSPS) is 23.8. The zero-order valence-corrected chi connectivity index (χ0v) is 12.6. The number of hydrogen-bond donors (Lipinski definition) is 2. The van der Waals surface area contributed by atoms with Gasteiger partial charge >= 0.3 is 0 Å². The molecule has 0 spiro atoms. The van der Waals surface area contributed by atoms with Gasteiger partial charge < -0.3 is 11.1 Å². The van der Waals surface area contributed by atoms with E-state index in [1.54, 1.807) is 0 Å². The maximum Gasteiger partial charge on any atom is 0.00824 e. The van der Waals surface area contributed by atoms with Crippen molar-refractivity contribution in [1.29, 1.82) is 0 Å². The van der Waals surface area contributed by atoms with Crippen LogP contribution in [0, 0.1) is 0 Å². The third-order valence-electron chi connectivity index (χ3n) is 4.14. The molecule has 1 aliphatic rings. The topological polar surface area (TPSA) is 38.0 Å². The van der Waals surface area contributed by atoms with Crippen LogP contribution in [0.1, 0.15) is 51.2 Å². The van der Waals surface area contributed by atoms with Gasteiger partial charge in [-0.25, -0.2) is 0 Å². The van der Waals surface area contributed by atoms with Crippen LogP contribution >= 0.6 is 0 Å². The van der Waals surface area contributed by atoms with Crippen LogP contribution in [-0.4, -0.2) is 18.6 Å². The van der Waals surface area contributed by atoms with Gasteiger partial charge in [-0.3, -0.25) is 0 Å². The van der Waals surface area contributed by atoms with E-state index in [-0.39, 0.29) is 5.41 Å². The maximum absolute atomic E-state index is 5.93. The standard InChI is InChI=1S/C17H28N2/c1-17(2,3)14-6-4-13(5-7-14)10-11-19-16-9-8-15(18)12-16/h4-7,15-16,19H,8-12,18H2,1-3H3/t15-,16+/m0/s1. The summed E-state index contributed by atoms with van der Waals surface area (Å²) in [7, 11) is 0. The highest BCUT2D eigenvalue weighted by molar-refractivity contribution is 5.27. The average Bonchev–Trinajstić information content (AvgIpc) is 2.75. The summed E-state index contributed by atoms with van der Waals surface area (Å²) >= 11 is 0. The third-order valence-corrected chi connectivity index (χ3v) is 4.14. The van der Waals surface area contributed by atoms with Gasteiger partial charge in [0.05, 0.1) is 0 Å². The first-order valence-corrected chi connectivity index (χ1v) is 7.53. The first kappa shape index (κ1) is 14.5. The van der Waals surface area contributed by atoms with Gasteiger partial charge in [0.15, 0.2) is 0 Å². The van der Waals surface area contributed by atoms with Gasteiger partial charge in [-0.05, 0) is 48.8 Å². The van der Waals surface area contributed by atoms with Crippen molar-refractivity contribution in [2.75, 3.05) is 6.54 Å². The molecule has 0 heterocycles. The molecule has 3 N–H and O–H groups in total. The number of rotatable bonds is 4. The first-order chi connectivity index (χ1) is 8.95. The Bertz CT molecular complexity index is 389. The van der Waals surface area contributed by atoms with E-state index in [1.165, 1.54) is 24.0 Å². The molecule has 19 heavy (non-hydrogen) atoms. The highest BCUT2D eigenvalue weighted by Gasteiger charge is 2.20. The quantitative estimate of drug-likeness (QED) is 0.873. The number of hydrogen-bond acceptors (Lipinski definition) is 2. The molecule has 2 heteroatoms. The minimum atomic E-state index is 0.247. The van der Waals surface area contributed by atoms with Crippen LogP contribution < -0.4 is 11.1 Å². The summed E-state index contributed by atoms with van der Waals surface area (Å²) in [6.45, 7) is 7.83. The lowest BCUT2D eigenvalue weighted by atomic mass is 9.86. The molecular formula is C17H28N2. The molecule has 1 aromatic carbocycles. The number of nitrogens with one attached hydrogen (secondary N) is 1. The van der Waals surface area contributed by atoms with Gasteiger partial charge in [0.25, 0.3) is 0 Å². The minimum absolute atomic E-state index is 0.247. The van der Waals surface area contributed by atoms with Gasteiger partial charge in [0.1, 0.15) is 0 Å². The molecular weight excluding hydrogens is 232 g/mol. The van der Waals surface area contributed by atoms with Crippen LogP contribution in [0.25, 0.3) is 0 Å². The lowest BCUT2D eigenvalue weighted by Crippen LogP contribution is -2.30. The van der Waals surface area contributed by atoms with Crippen molar-refractivity contribution in [2.24, 2.45) is 5.73 Å². The smallest absolute Gasteiger partial charge is 0.00824 e. The molecule has 0 amide bonds. The summed E-state index contributed by atoms with van der Waals surface area (Å²) in [6.07, 6.45) is 4.67. The Balaban J connectivity index is 1.77. The molecule has 0 radical (unpaired) electrons. The Morgan fingerprint density at radius 1 is 1.16 bits per heavy atom. The van der Waals surface area contributed by atoms with Gasteiger partial charge in [0.2, 0.25) is 0 Å². The molecule has 2 rings (SSSR count). The van der Waals surface area contributed by atoms with E-state index in [9.17, 15) is 0 Å². The summed E-state index contributed by atoms with van der Waals surface area (Å²) in [5.41, 5.74) is 9.00. The Morgan fingerprint density at radius 2 is 1.84 bits per heavy atom. The van der Waals surface area contributed by atoms with Crippen LogP contribution in [-0.2, 0) is 11.8 Å². The molecule has 1 aliphatic carbocycles. The van der Waals surface area contributed by atoms with E-state index in [0.29, 0.717) is 12.1 Å². The Morgan fingerprint density at radius 3 is 2.37 bits per heavy atom. The fourth-order valence-corrected chi connectivity index (χ4v) is 2.79. The van der Waals surface area contributed by atoms with Gasteiger partial charge in [0, 0.05) is 12.1 Å². The highest BCUT2D eigenvalue weighted by atomic mass is 14.9. The zero-order valence-electron chi connectivity index (χ0n) is 12.6. The SMILES string of the molecule is CC(C)(C)c1ccc(CCN[C@@H]2CC[C@H](N)C2)cc1. The van der Waals surface area contributed by atoms with E-state index in [4.69, 9.17) is 5.73 Å². The minimum Gasteiger partial charge on any atom is -0.328 e. The summed E-state index contributed by atoms with van der Waals surface area (Å²) < 4.78 is 0. The van der Waals surface area contributed by atoms with Crippen molar-refractivity contribution in [3.8, 4) is 0 Å². The monoisotopic (exact) mass is 260 g/mol. The molecule has 0 aliphatic heterocycles. The van der Waals surface area contributed by atoms with E-state index in [1.807, 2.05) is 0 Å². The van der Waals surface area contributed by atoms with Gasteiger partial charge in [-0.2, -0.15) is 0 Å². The Labute approximate surface area is 117 Å². The fraction of sp³-hybridized carbons (Fsp3) is 0.647. The fourth-order valence-electron chi connectivity index (χ4n) is 2.79. The molecule has 1 saturated carbocycles. The largest absolute Gasteiger partial charge is 0.328 e. The molecule has 2 atom stereocenters. The van der Waals surface area contributed by atoms with E-state index in [2.05, 4.69) is 50.4 Å². The van der Waals surface area contributed by atoms with Crippen LogP contribution in [0.3, 0.4) is 0 Å². The maximum atomic E-state index is 5.93. The second kappa shape index (κ2) is 6.06. The van der Waals surface area contributed by atoms with Gasteiger partial charge in [-0.15, -0.1) is 0 Å². The zero-order chi connectivity index (χ0) is 13.9. The van der Waals surface area contributed by atoms with Crippen molar-refractivity contribution < 1.29 is 0 Å².